The predicted molar refractivity (Wildman–Crippen MR) is 111 cm³/mol. The Balaban J connectivity index is 1.45. The molecule has 0 saturated carbocycles. The van der Waals surface area contributed by atoms with Gasteiger partial charge in [0, 0.05) is 5.92 Å². The highest BCUT2D eigenvalue weighted by Crippen LogP contribution is 2.30. The summed E-state index contributed by atoms with van der Waals surface area (Å²) in [6, 6.07) is 8.76. The van der Waals surface area contributed by atoms with E-state index in [1.807, 2.05) is 6.07 Å². The average Bonchev–Trinajstić information content (AvgIpc) is 3.39. The Kier molecular flexibility index (Phi) is 5.81. The molecule has 10 heteroatoms. The Bertz CT molecular complexity index is 1150. The third kappa shape index (κ3) is 4.48. The van der Waals surface area contributed by atoms with Crippen LogP contribution in [0.2, 0.25) is 0 Å². The number of nitrogens with one attached hydrogen (secondary N) is 2. The van der Waals surface area contributed by atoms with Crippen LogP contribution >= 0.6 is 0 Å². The largest absolute Gasteiger partial charge is 0.459 e. The smallest absolute Gasteiger partial charge is 0.338 e. The first-order valence-corrected chi connectivity index (χ1v) is 10.1. The maximum Gasteiger partial charge on any atom is 0.338 e. The minimum atomic E-state index is -0.450. The second kappa shape index (κ2) is 8.68. The molecule has 3 aromatic rings. The number of ether oxygens (including phenoxy) is 2. The quantitative estimate of drug-likeness (QED) is 0.580. The number of fused-ring (bicyclic) bond motifs is 1. The van der Waals surface area contributed by atoms with E-state index < -0.39 is 17.8 Å². The first-order valence-electron chi connectivity index (χ1n) is 10.1. The van der Waals surface area contributed by atoms with E-state index in [4.69, 9.17) is 9.47 Å². The summed E-state index contributed by atoms with van der Waals surface area (Å²) >= 11 is 0. The van der Waals surface area contributed by atoms with E-state index in [1.165, 1.54) is 6.33 Å². The first-order chi connectivity index (χ1) is 14.9. The van der Waals surface area contributed by atoms with Gasteiger partial charge >= 0.3 is 5.97 Å². The molecule has 1 amide bonds. The van der Waals surface area contributed by atoms with Crippen molar-refractivity contribution in [2.24, 2.45) is 5.92 Å². The van der Waals surface area contributed by atoms with Gasteiger partial charge in [-0.3, -0.25) is 24.5 Å². The first kappa shape index (κ1) is 20.7. The summed E-state index contributed by atoms with van der Waals surface area (Å²) < 4.78 is 13.0. The van der Waals surface area contributed by atoms with Crippen LogP contribution in [0.15, 0.2) is 41.5 Å². The molecule has 2 N–H and O–H groups in total. The number of carbonyl (C=O) groups is 2. The van der Waals surface area contributed by atoms with Crippen molar-refractivity contribution in [2.75, 3.05) is 11.9 Å². The van der Waals surface area contributed by atoms with Gasteiger partial charge in [-0.15, -0.1) is 0 Å². The van der Waals surface area contributed by atoms with Gasteiger partial charge in [-0.1, -0.05) is 32.0 Å². The molecule has 0 bridgehead atoms. The summed E-state index contributed by atoms with van der Waals surface area (Å²) in [6.45, 7) is 3.61. The van der Waals surface area contributed by atoms with Crippen LogP contribution in [0.4, 0.5) is 5.95 Å². The lowest BCUT2D eigenvalue weighted by Gasteiger charge is -2.15. The molecule has 3 heterocycles. The number of benzene rings is 1. The third-order valence-corrected chi connectivity index (χ3v) is 5.00. The lowest BCUT2D eigenvalue weighted by atomic mass is 10.2. The fraction of sp³-hybridized carbons (Fsp3) is 0.381. The van der Waals surface area contributed by atoms with Crippen molar-refractivity contribution in [2.45, 2.75) is 39.0 Å². The second-order valence-electron chi connectivity index (χ2n) is 7.64. The summed E-state index contributed by atoms with van der Waals surface area (Å²) in [5, 5.41) is 2.59. The number of carbonyl (C=O) groups excluding carboxylic acids is 2. The van der Waals surface area contributed by atoms with Gasteiger partial charge in [0.2, 0.25) is 11.9 Å². The van der Waals surface area contributed by atoms with E-state index in [0.29, 0.717) is 24.1 Å². The number of aromatic amines is 1. The van der Waals surface area contributed by atoms with E-state index in [0.717, 1.165) is 0 Å². The van der Waals surface area contributed by atoms with Crippen molar-refractivity contribution < 1.29 is 19.1 Å². The molecule has 1 saturated heterocycles. The Morgan fingerprint density at radius 3 is 2.81 bits per heavy atom. The number of hydrogen-bond acceptors (Lipinski definition) is 7. The van der Waals surface area contributed by atoms with Crippen molar-refractivity contribution in [3.63, 3.8) is 0 Å². The molecule has 0 radical (unpaired) electrons. The molecule has 1 fully saturated rings. The molecule has 10 nitrogen and oxygen atoms in total. The molecule has 162 valence electrons. The van der Waals surface area contributed by atoms with E-state index >= 15 is 0 Å². The van der Waals surface area contributed by atoms with Crippen molar-refractivity contribution >= 4 is 29.0 Å². The van der Waals surface area contributed by atoms with Gasteiger partial charge in [0.15, 0.2) is 11.2 Å². The molecule has 1 aliphatic heterocycles. The second-order valence-corrected chi connectivity index (χ2v) is 7.64. The van der Waals surface area contributed by atoms with E-state index in [-0.39, 0.29) is 36.0 Å². The lowest BCUT2D eigenvalue weighted by molar-refractivity contribution is -0.118. The fourth-order valence-electron chi connectivity index (χ4n) is 3.30. The normalized spacial score (nSPS) is 18.4. The molecular formula is C21H23N5O5. The Morgan fingerprint density at radius 2 is 2.06 bits per heavy atom. The molecule has 0 spiro atoms. The van der Waals surface area contributed by atoms with Gasteiger partial charge < -0.3 is 9.47 Å². The zero-order chi connectivity index (χ0) is 22.0. The number of H-pyrrole nitrogens is 1. The van der Waals surface area contributed by atoms with Crippen LogP contribution < -0.4 is 10.9 Å². The van der Waals surface area contributed by atoms with Gasteiger partial charge in [0.1, 0.15) is 12.8 Å². The highest BCUT2D eigenvalue weighted by molar-refractivity contribution is 5.91. The summed E-state index contributed by atoms with van der Waals surface area (Å²) in [5.41, 5.74) is 0.506. The molecule has 0 aliphatic carbocycles. The number of aromatic nitrogens is 4. The molecule has 0 unspecified atom stereocenters. The highest BCUT2D eigenvalue weighted by atomic mass is 16.6. The number of esters is 1. The monoisotopic (exact) mass is 425 g/mol. The van der Waals surface area contributed by atoms with Crippen LogP contribution in [0.5, 0.6) is 0 Å². The number of anilines is 1. The van der Waals surface area contributed by atoms with Crippen molar-refractivity contribution in [1.82, 2.24) is 19.5 Å². The van der Waals surface area contributed by atoms with Crippen molar-refractivity contribution in [1.29, 1.82) is 0 Å². The molecule has 4 rings (SSSR count). The number of amides is 1. The highest BCUT2D eigenvalue weighted by Gasteiger charge is 2.29. The Morgan fingerprint density at radius 1 is 1.29 bits per heavy atom. The molecule has 1 aromatic carbocycles. The molecule has 1 aliphatic rings. The van der Waals surface area contributed by atoms with E-state index in [1.54, 1.807) is 42.7 Å². The fourth-order valence-corrected chi connectivity index (χ4v) is 3.30. The third-order valence-electron chi connectivity index (χ3n) is 5.00. The summed E-state index contributed by atoms with van der Waals surface area (Å²) in [5.74, 6) is -0.863. The average molecular weight is 425 g/mol. The van der Waals surface area contributed by atoms with Gasteiger partial charge in [-0.25, -0.2) is 9.78 Å². The van der Waals surface area contributed by atoms with Crippen molar-refractivity contribution in [3.05, 3.63) is 52.6 Å². The summed E-state index contributed by atoms with van der Waals surface area (Å²) in [4.78, 5) is 47.4. The summed E-state index contributed by atoms with van der Waals surface area (Å²) in [6.07, 6.45) is 2.11. The van der Waals surface area contributed by atoms with Crippen LogP contribution in [0.3, 0.4) is 0 Å². The van der Waals surface area contributed by atoms with Crippen LogP contribution in [-0.4, -0.2) is 44.1 Å². The van der Waals surface area contributed by atoms with E-state index in [2.05, 4.69) is 20.3 Å². The van der Waals surface area contributed by atoms with E-state index in [9.17, 15) is 14.4 Å². The maximum absolute atomic E-state index is 12.3. The summed E-state index contributed by atoms with van der Waals surface area (Å²) in [7, 11) is 0. The molecule has 2 aromatic heterocycles. The van der Waals surface area contributed by atoms with Gasteiger partial charge in [0.05, 0.1) is 18.0 Å². The topological polar surface area (TPSA) is 128 Å². The predicted octanol–water partition coefficient (Wildman–Crippen LogP) is 2.25. The lowest BCUT2D eigenvalue weighted by Crippen LogP contribution is -2.23. The number of rotatable bonds is 6. The zero-order valence-electron chi connectivity index (χ0n) is 17.2. The Hall–Kier alpha value is -3.53. The van der Waals surface area contributed by atoms with Crippen molar-refractivity contribution in [3.8, 4) is 0 Å². The Labute approximate surface area is 177 Å². The number of hydrogen-bond donors (Lipinski definition) is 2. The van der Waals surface area contributed by atoms with Gasteiger partial charge in [-0.05, 0) is 25.0 Å². The minimum Gasteiger partial charge on any atom is -0.459 e. The van der Waals surface area contributed by atoms with Crippen LogP contribution in [0.25, 0.3) is 11.2 Å². The number of nitrogens with zero attached hydrogens (tertiary/aromatic N) is 3. The SMILES string of the molecule is CC(C)C(=O)Nc1nc2c(ncn2[C@H]2CC[C@@H](COC(=O)c3ccccc3)O2)c(=O)[nH]1. The minimum absolute atomic E-state index is 0.0595. The molecular weight excluding hydrogens is 402 g/mol. The van der Waals surface area contributed by atoms with Crippen LogP contribution in [0, 0.1) is 5.92 Å². The number of imidazole rings is 1. The standard InChI is InChI=1S/C21H23N5O5/c1-12(2)18(27)24-21-23-17-16(19(28)25-21)22-11-26(17)15-9-8-14(31-15)10-30-20(29)13-6-4-3-5-7-13/h3-7,11-12,14-15H,8-10H2,1-2H3,(H2,23,24,25,27,28)/t14-,15+/m0/s1. The van der Waals surface area contributed by atoms with Gasteiger partial charge in [0.25, 0.3) is 5.56 Å². The van der Waals surface area contributed by atoms with Gasteiger partial charge in [-0.2, -0.15) is 4.98 Å². The zero-order valence-corrected chi connectivity index (χ0v) is 17.2. The maximum atomic E-state index is 12.3. The molecule has 31 heavy (non-hydrogen) atoms. The van der Waals surface area contributed by atoms with Crippen LogP contribution in [-0.2, 0) is 14.3 Å². The molecule has 2 atom stereocenters. The van der Waals surface area contributed by atoms with Crippen LogP contribution in [0.1, 0.15) is 43.3 Å².